The molecule has 0 bridgehead atoms. The van der Waals surface area contributed by atoms with Crippen LogP contribution in [0.4, 0.5) is 0 Å². The first-order chi connectivity index (χ1) is 20.9. The molecule has 3 aromatic heterocycles. The highest BCUT2D eigenvalue weighted by Gasteiger charge is 2.33. The maximum absolute atomic E-state index is 13.9. The molecular weight excluding hydrogens is 596 g/mol. The molecule has 0 N–H and O–H groups in total. The molecule has 0 fully saturated rings. The van der Waals surface area contributed by atoms with Crippen molar-refractivity contribution in [3.8, 4) is 27.4 Å². The number of esters is 1. The SMILES string of the molecule is COC(=O)C(OC(C)(C)C)c1c(C)cc2nc(-n3cccc(-c4ccc5c(cnn5C)c4)c3=O)sc2c1-c1ccc(Cl)cc1. The van der Waals surface area contributed by atoms with Gasteiger partial charge in [0.2, 0.25) is 0 Å². The first-order valence-corrected chi connectivity index (χ1v) is 15.2. The number of benzene rings is 3. The number of halogens is 1. The maximum atomic E-state index is 13.9. The van der Waals surface area contributed by atoms with E-state index in [1.165, 1.54) is 18.4 Å². The summed E-state index contributed by atoms with van der Waals surface area (Å²) >= 11 is 7.64. The Hall–Kier alpha value is -4.31. The molecule has 0 saturated heterocycles. The third-order valence-corrected chi connectivity index (χ3v) is 8.75. The van der Waals surface area contributed by atoms with E-state index in [9.17, 15) is 9.59 Å². The minimum absolute atomic E-state index is 0.191. The number of fused-ring (bicyclic) bond motifs is 2. The van der Waals surface area contributed by atoms with Gasteiger partial charge in [0.05, 0.1) is 34.6 Å². The number of rotatable bonds is 6. The van der Waals surface area contributed by atoms with Gasteiger partial charge in [-0.25, -0.2) is 9.78 Å². The van der Waals surface area contributed by atoms with E-state index >= 15 is 0 Å². The van der Waals surface area contributed by atoms with Crippen LogP contribution in [0.1, 0.15) is 38.0 Å². The van der Waals surface area contributed by atoms with Crippen LogP contribution in [0.25, 0.3) is 48.5 Å². The number of thiazole rings is 1. The highest BCUT2D eigenvalue weighted by molar-refractivity contribution is 7.21. The Kier molecular flexibility index (Phi) is 7.65. The predicted octanol–water partition coefficient (Wildman–Crippen LogP) is 7.66. The third kappa shape index (κ3) is 5.43. The van der Waals surface area contributed by atoms with Gasteiger partial charge in [-0.15, -0.1) is 0 Å². The van der Waals surface area contributed by atoms with E-state index in [0.29, 0.717) is 26.8 Å². The lowest BCUT2D eigenvalue weighted by molar-refractivity contribution is -0.164. The summed E-state index contributed by atoms with van der Waals surface area (Å²) < 4.78 is 15.7. The number of nitrogens with zero attached hydrogens (tertiary/aromatic N) is 4. The number of aromatic nitrogens is 4. The van der Waals surface area contributed by atoms with Gasteiger partial charge < -0.3 is 9.47 Å². The predicted molar refractivity (Wildman–Crippen MR) is 176 cm³/mol. The Morgan fingerprint density at radius 3 is 2.48 bits per heavy atom. The number of hydrogen-bond acceptors (Lipinski definition) is 7. The summed E-state index contributed by atoms with van der Waals surface area (Å²) in [5, 5.41) is 6.37. The van der Waals surface area contributed by atoms with Crippen molar-refractivity contribution in [1.29, 1.82) is 0 Å². The van der Waals surface area contributed by atoms with Crippen LogP contribution in [0.2, 0.25) is 5.02 Å². The van der Waals surface area contributed by atoms with Gasteiger partial charge in [0, 0.05) is 40.3 Å². The molecule has 6 aromatic rings. The second-order valence-electron chi connectivity index (χ2n) is 11.6. The molecule has 6 rings (SSSR count). The van der Waals surface area contributed by atoms with Crippen LogP contribution >= 0.6 is 22.9 Å². The average Bonchev–Trinajstić information content (AvgIpc) is 3.58. The van der Waals surface area contributed by atoms with Crippen molar-refractivity contribution in [1.82, 2.24) is 19.3 Å². The average molecular weight is 627 g/mol. The fraction of sp³-hybridized carbons (Fsp3) is 0.235. The third-order valence-electron chi connectivity index (χ3n) is 7.41. The monoisotopic (exact) mass is 626 g/mol. The van der Waals surface area contributed by atoms with Crippen LogP contribution in [-0.2, 0) is 21.3 Å². The zero-order chi connectivity index (χ0) is 31.3. The van der Waals surface area contributed by atoms with Crippen LogP contribution in [0.3, 0.4) is 0 Å². The zero-order valence-corrected chi connectivity index (χ0v) is 26.8. The van der Waals surface area contributed by atoms with Gasteiger partial charge in [0.25, 0.3) is 5.56 Å². The second kappa shape index (κ2) is 11.3. The largest absolute Gasteiger partial charge is 0.467 e. The van der Waals surface area contributed by atoms with E-state index in [4.69, 9.17) is 26.1 Å². The van der Waals surface area contributed by atoms with Gasteiger partial charge in [0.15, 0.2) is 11.2 Å². The van der Waals surface area contributed by atoms with Crippen molar-refractivity contribution in [2.24, 2.45) is 7.05 Å². The van der Waals surface area contributed by atoms with E-state index in [1.807, 2.05) is 95.4 Å². The summed E-state index contributed by atoms with van der Waals surface area (Å²) in [5.74, 6) is -0.503. The molecule has 1 atom stereocenters. The number of aryl methyl sites for hydroxylation is 2. The summed E-state index contributed by atoms with van der Waals surface area (Å²) in [6.07, 6.45) is 2.52. The Morgan fingerprint density at radius 1 is 1.05 bits per heavy atom. The summed E-state index contributed by atoms with van der Waals surface area (Å²) in [7, 11) is 3.24. The molecule has 0 aliphatic heterocycles. The number of pyridine rings is 1. The Labute approximate surface area is 263 Å². The lowest BCUT2D eigenvalue weighted by atomic mass is 9.91. The fourth-order valence-corrected chi connectivity index (χ4v) is 6.66. The van der Waals surface area contributed by atoms with Crippen LogP contribution in [-0.4, -0.2) is 38.0 Å². The van der Waals surface area contributed by atoms with Crippen molar-refractivity contribution in [3.05, 3.63) is 99.6 Å². The zero-order valence-electron chi connectivity index (χ0n) is 25.2. The van der Waals surface area contributed by atoms with Crippen LogP contribution in [0, 0.1) is 6.92 Å². The van der Waals surface area contributed by atoms with Crippen molar-refractivity contribution in [2.45, 2.75) is 39.4 Å². The van der Waals surface area contributed by atoms with Gasteiger partial charge in [-0.3, -0.25) is 14.0 Å². The van der Waals surface area contributed by atoms with Crippen molar-refractivity contribution in [3.63, 3.8) is 0 Å². The number of carbonyl (C=O) groups excluding carboxylic acids is 1. The van der Waals surface area contributed by atoms with Crippen molar-refractivity contribution in [2.75, 3.05) is 7.11 Å². The lowest BCUT2D eigenvalue weighted by Crippen LogP contribution is -2.29. The molecule has 224 valence electrons. The molecule has 0 saturated carbocycles. The number of ether oxygens (including phenoxy) is 2. The molecular formula is C34H31ClN4O4S. The standard InChI is InChI=1S/C34H31ClN4O4S/c1-19-16-25-30(28(20-9-12-23(35)13-10-20)27(19)29(32(41)42-6)43-34(2,3)4)44-33(37-25)39-15-7-8-24(31(39)40)21-11-14-26-22(17-21)18-36-38(26)5/h7-18,29H,1-6H3. The number of methoxy groups -OCH3 is 1. The van der Waals surface area contributed by atoms with Gasteiger partial charge >= 0.3 is 5.97 Å². The molecule has 0 radical (unpaired) electrons. The van der Waals surface area contributed by atoms with Gasteiger partial charge in [-0.2, -0.15) is 5.10 Å². The van der Waals surface area contributed by atoms with E-state index in [1.54, 1.807) is 21.6 Å². The highest BCUT2D eigenvalue weighted by Crippen LogP contribution is 2.43. The molecule has 0 aliphatic carbocycles. The Bertz CT molecular complexity index is 2110. The second-order valence-corrected chi connectivity index (χ2v) is 13.0. The first-order valence-electron chi connectivity index (χ1n) is 14.0. The smallest absolute Gasteiger partial charge is 0.339 e. The van der Waals surface area contributed by atoms with Gasteiger partial charge in [-0.05, 0) is 86.8 Å². The van der Waals surface area contributed by atoms with Gasteiger partial charge in [-0.1, -0.05) is 41.1 Å². The lowest BCUT2D eigenvalue weighted by Gasteiger charge is -2.28. The Morgan fingerprint density at radius 2 is 1.77 bits per heavy atom. The van der Waals surface area contributed by atoms with E-state index in [2.05, 4.69) is 5.10 Å². The van der Waals surface area contributed by atoms with Crippen molar-refractivity contribution < 1.29 is 14.3 Å². The molecule has 3 heterocycles. The molecule has 0 amide bonds. The van der Waals surface area contributed by atoms with E-state index in [-0.39, 0.29) is 5.56 Å². The summed E-state index contributed by atoms with van der Waals surface area (Å²) in [6, 6.07) is 18.9. The fourth-order valence-electron chi connectivity index (χ4n) is 5.42. The van der Waals surface area contributed by atoms with E-state index in [0.717, 1.165) is 37.9 Å². The number of carbonyl (C=O) groups is 1. The molecule has 1 unspecified atom stereocenters. The number of hydrogen-bond donors (Lipinski definition) is 0. The topological polar surface area (TPSA) is 88.2 Å². The highest BCUT2D eigenvalue weighted by atomic mass is 35.5. The molecule has 0 spiro atoms. The minimum atomic E-state index is -0.992. The molecule has 0 aliphatic rings. The quantitative estimate of drug-likeness (QED) is 0.176. The van der Waals surface area contributed by atoms with Gasteiger partial charge in [0.1, 0.15) is 0 Å². The molecule has 10 heteroatoms. The van der Waals surface area contributed by atoms with Crippen LogP contribution < -0.4 is 5.56 Å². The molecule has 8 nitrogen and oxygen atoms in total. The molecule has 3 aromatic carbocycles. The first kappa shape index (κ1) is 29.7. The summed E-state index contributed by atoms with van der Waals surface area (Å²) in [4.78, 5) is 32.1. The maximum Gasteiger partial charge on any atom is 0.339 e. The van der Waals surface area contributed by atoms with Crippen LogP contribution in [0.5, 0.6) is 0 Å². The normalized spacial score (nSPS) is 12.6. The minimum Gasteiger partial charge on any atom is -0.467 e. The van der Waals surface area contributed by atoms with E-state index < -0.39 is 17.7 Å². The summed E-state index contributed by atoms with van der Waals surface area (Å²) in [5.41, 5.74) is 5.32. The van der Waals surface area contributed by atoms with Crippen LogP contribution in [0.15, 0.2) is 77.9 Å². The Balaban J connectivity index is 1.57. The molecule has 44 heavy (non-hydrogen) atoms. The van der Waals surface area contributed by atoms with Crippen molar-refractivity contribution >= 4 is 50.0 Å². The summed E-state index contributed by atoms with van der Waals surface area (Å²) in [6.45, 7) is 7.62.